The number of unbranched alkanes of at least 4 members (excludes halogenated alkanes) is 1. The fraction of sp³-hybridized carbons (Fsp3) is 0.562. The molecule has 0 bridgehead atoms. The average Bonchev–Trinajstić information content (AvgIpc) is 2.49. The van der Waals surface area contributed by atoms with E-state index in [1.165, 1.54) is 18.4 Å². The number of nitrogens with one attached hydrogen (secondary N) is 1. The number of ether oxygens (including phenoxy) is 1. The van der Waals surface area contributed by atoms with Gasteiger partial charge in [0.15, 0.2) is 0 Å². The Balaban J connectivity index is 2.67. The number of carboxylic acids is 1. The minimum Gasteiger partial charge on any atom is -0.495 e. The van der Waals surface area contributed by atoms with Crippen molar-refractivity contribution >= 4 is 11.7 Å². The summed E-state index contributed by atoms with van der Waals surface area (Å²) < 4.78 is 5.42. The van der Waals surface area contributed by atoms with Crippen LogP contribution in [0.5, 0.6) is 5.75 Å². The maximum Gasteiger partial charge on any atom is 0.305 e. The van der Waals surface area contributed by atoms with Gasteiger partial charge >= 0.3 is 5.97 Å². The van der Waals surface area contributed by atoms with Crippen LogP contribution in [0.3, 0.4) is 0 Å². The van der Waals surface area contributed by atoms with Gasteiger partial charge in [0.2, 0.25) is 0 Å². The molecule has 1 aromatic rings. The second-order valence-corrected chi connectivity index (χ2v) is 5.10. The van der Waals surface area contributed by atoms with Gasteiger partial charge in [0.05, 0.1) is 19.2 Å². The molecule has 118 valence electrons. The van der Waals surface area contributed by atoms with Gasteiger partial charge in [0.1, 0.15) is 5.75 Å². The molecule has 0 heterocycles. The van der Waals surface area contributed by atoms with Crippen LogP contribution in [0.4, 0.5) is 5.69 Å². The topological polar surface area (TPSA) is 61.8 Å². The zero-order chi connectivity index (χ0) is 15.7. The van der Waals surface area contributed by atoms with E-state index >= 15 is 0 Å². The molecule has 0 aliphatic carbocycles. The molecule has 0 spiro atoms. The van der Waals surface area contributed by atoms with E-state index in [0.29, 0.717) is 6.54 Å². The molecule has 0 aliphatic rings. The molecule has 5 nitrogen and oxygen atoms in total. The number of carboxylic acid groups (broad SMARTS) is 1. The third-order valence-corrected chi connectivity index (χ3v) is 3.35. The van der Waals surface area contributed by atoms with Crippen LogP contribution in [-0.4, -0.2) is 38.3 Å². The molecule has 0 amide bonds. The Hall–Kier alpha value is -1.75. The van der Waals surface area contributed by atoms with E-state index in [-0.39, 0.29) is 6.42 Å². The van der Waals surface area contributed by atoms with Crippen LogP contribution in [0.15, 0.2) is 18.2 Å². The van der Waals surface area contributed by atoms with Crippen molar-refractivity contribution in [1.29, 1.82) is 0 Å². The van der Waals surface area contributed by atoms with Crippen LogP contribution in [0.2, 0.25) is 0 Å². The lowest BCUT2D eigenvalue weighted by Crippen LogP contribution is -2.21. The number of carbonyl (C=O) groups is 1. The highest BCUT2D eigenvalue weighted by atomic mass is 16.5. The number of benzene rings is 1. The highest BCUT2D eigenvalue weighted by molar-refractivity contribution is 5.68. The van der Waals surface area contributed by atoms with E-state index in [9.17, 15) is 4.79 Å². The van der Waals surface area contributed by atoms with Crippen molar-refractivity contribution in [3.8, 4) is 5.75 Å². The van der Waals surface area contributed by atoms with Crippen molar-refractivity contribution in [2.24, 2.45) is 0 Å². The number of aliphatic carboxylic acids is 1. The Bertz CT molecular complexity index is 449. The zero-order valence-electron chi connectivity index (χ0n) is 13.2. The Labute approximate surface area is 126 Å². The predicted molar refractivity (Wildman–Crippen MR) is 85.1 cm³/mol. The molecule has 5 heteroatoms. The summed E-state index contributed by atoms with van der Waals surface area (Å²) in [5.41, 5.74) is 2.08. The number of rotatable bonds is 10. The summed E-state index contributed by atoms with van der Waals surface area (Å²) in [5, 5.41) is 12.2. The van der Waals surface area contributed by atoms with Crippen LogP contribution >= 0.6 is 0 Å². The molecule has 0 saturated carbocycles. The third-order valence-electron chi connectivity index (χ3n) is 3.35. The molecule has 0 radical (unpaired) electrons. The van der Waals surface area contributed by atoms with Crippen LogP contribution in [0, 0.1) is 0 Å². The molecule has 0 aromatic heterocycles. The Morgan fingerprint density at radius 3 is 2.81 bits per heavy atom. The van der Waals surface area contributed by atoms with Crippen molar-refractivity contribution < 1.29 is 14.6 Å². The van der Waals surface area contributed by atoms with Crippen LogP contribution in [-0.2, 0) is 11.3 Å². The summed E-state index contributed by atoms with van der Waals surface area (Å²) in [5.74, 6) is -0.0183. The van der Waals surface area contributed by atoms with Crippen molar-refractivity contribution in [3.63, 3.8) is 0 Å². The highest BCUT2D eigenvalue weighted by Crippen LogP contribution is 2.28. The molecule has 0 saturated heterocycles. The standard InChI is InChI=1S/C16H26N2O3/c1-4-5-9-17-12-13-6-7-14(15(11-13)21-3)18(2)10-8-16(19)20/h6-7,11,17H,4-5,8-10,12H2,1-3H3,(H,19,20). The van der Waals surface area contributed by atoms with Gasteiger partial charge in [-0.3, -0.25) is 4.79 Å². The minimum atomic E-state index is -0.794. The van der Waals surface area contributed by atoms with Gasteiger partial charge in [-0.2, -0.15) is 0 Å². The van der Waals surface area contributed by atoms with Gasteiger partial charge in [-0.1, -0.05) is 19.4 Å². The van der Waals surface area contributed by atoms with E-state index in [0.717, 1.165) is 24.5 Å². The molecular formula is C16H26N2O3. The summed E-state index contributed by atoms with van der Waals surface area (Å²) >= 11 is 0. The van der Waals surface area contributed by atoms with E-state index in [2.05, 4.69) is 12.2 Å². The smallest absolute Gasteiger partial charge is 0.305 e. The first-order valence-corrected chi connectivity index (χ1v) is 7.39. The van der Waals surface area contributed by atoms with Gasteiger partial charge in [0.25, 0.3) is 0 Å². The first-order chi connectivity index (χ1) is 10.1. The first kappa shape index (κ1) is 17.3. The van der Waals surface area contributed by atoms with Gasteiger partial charge in [-0.25, -0.2) is 0 Å². The normalized spacial score (nSPS) is 10.4. The van der Waals surface area contributed by atoms with Gasteiger partial charge < -0.3 is 20.1 Å². The summed E-state index contributed by atoms with van der Waals surface area (Å²) in [7, 11) is 3.51. The molecule has 0 fully saturated rings. The van der Waals surface area contributed by atoms with Gasteiger partial charge in [-0.15, -0.1) is 0 Å². The first-order valence-electron chi connectivity index (χ1n) is 7.39. The molecule has 0 unspecified atom stereocenters. The lowest BCUT2D eigenvalue weighted by Gasteiger charge is -2.21. The maximum atomic E-state index is 10.6. The number of nitrogens with zero attached hydrogens (tertiary/aromatic N) is 1. The lowest BCUT2D eigenvalue weighted by molar-refractivity contribution is -0.136. The van der Waals surface area contributed by atoms with Gasteiger partial charge in [0, 0.05) is 20.1 Å². The summed E-state index contributed by atoms with van der Waals surface area (Å²) in [6, 6.07) is 6.04. The quantitative estimate of drug-likeness (QED) is 0.649. The fourth-order valence-corrected chi connectivity index (χ4v) is 2.07. The number of hydrogen-bond acceptors (Lipinski definition) is 4. The summed E-state index contributed by atoms with van der Waals surface area (Å²) in [6.45, 7) is 4.46. The SMILES string of the molecule is CCCCNCc1ccc(N(C)CCC(=O)O)c(OC)c1. The molecule has 1 aromatic carbocycles. The van der Waals surface area contributed by atoms with Crippen LogP contribution in [0.1, 0.15) is 31.7 Å². The molecule has 0 atom stereocenters. The number of anilines is 1. The monoisotopic (exact) mass is 294 g/mol. The van der Waals surface area contributed by atoms with E-state index < -0.39 is 5.97 Å². The van der Waals surface area contributed by atoms with E-state index in [1.54, 1.807) is 7.11 Å². The minimum absolute atomic E-state index is 0.111. The van der Waals surface area contributed by atoms with Gasteiger partial charge in [-0.05, 0) is 30.7 Å². The van der Waals surface area contributed by atoms with Crippen molar-refractivity contribution in [1.82, 2.24) is 5.32 Å². The van der Waals surface area contributed by atoms with Crippen molar-refractivity contribution in [2.75, 3.05) is 32.1 Å². The predicted octanol–water partition coefficient (Wildman–Crippen LogP) is 2.50. The Morgan fingerprint density at radius 2 is 2.19 bits per heavy atom. The maximum absolute atomic E-state index is 10.6. The zero-order valence-corrected chi connectivity index (χ0v) is 13.2. The fourth-order valence-electron chi connectivity index (χ4n) is 2.07. The molecular weight excluding hydrogens is 268 g/mol. The largest absolute Gasteiger partial charge is 0.495 e. The Kier molecular flexibility index (Phi) is 7.61. The molecule has 1 rings (SSSR count). The average molecular weight is 294 g/mol. The van der Waals surface area contributed by atoms with E-state index in [1.807, 2.05) is 30.1 Å². The summed E-state index contributed by atoms with van der Waals surface area (Å²) in [4.78, 5) is 12.6. The van der Waals surface area contributed by atoms with Crippen LogP contribution in [0.25, 0.3) is 0 Å². The van der Waals surface area contributed by atoms with Crippen LogP contribution < -0.4 is 15.0 Å². The lowest BCUT2D eigenvalue weighted by atomic mass is 10.1. The second kappa shape index (κ2) is 9.23. The number of methoxy groups -OCH3 is 1. The highest BCUT2D eigenvalue weighted by Gasteiger charge is 2.10. The molecule has 2 N–H and O–H groups in total. The third kappa shape index (κ3) is 6.04. The summed E-state index contributed by atoms with van der Waals surface area (Å²) in [6.07, 6.45) is 2.47. The Morgan fingerprint density at radius 1 is 1.43 bits per heavy atom. The molecule has 21 heavy (non-hydrogen) atoms. The second-order valence-electron chi connectivity index (χ2n) is 5.10. The van der Waals surface area contributed by atoms with Crippen molar-refractivity contribution in [3.05, 3.63) is 23.8 Å². The number of hydrogen-bond donors (Lipinski definition) is 2. The van der Waals surface area contributed by atoms with E-state index in [4.69, 9.17) is 9.84 Å². The molecule has 0 aliphatic heterocycles. The van der Waals surface area contributed by atoms with Crippen molar-refractivity contribution in [2.45, 2.75) is 32.7 Å².